The Hall–Kier alpha value is -1.13. The number of aromatic hydroxyl groups is 1. The van der Waals surface area contributed by atoms with Gasteiger partial charge in [0.15, 0.2) is 17.5 Å². The third-order valence-corrected chi connectivity index (χ3v) is 4.32. The lowest BCUT2D eigenvalue weighted by Crippen LogP contribution is -2.49. The van der Waals surface area contributed by atoms with Crippen LogP contribution in [0, 0.1) is 5.82 Å². The van der Waals surface area contributed by atoms with Crippen molar-refractivity contribution in [2.45, 2.75) is 32.4 Å². The fourth-order valence-corrected chi connectivity index (χ4v) is 2.85. The molecule has 0 amide bonds. The fourth-order valence-electron chi connectivity index (χ4n) is 2.85. The number of phenols is 1. The molecule has 0 spiro atoms. The molecule has 1 aliphatic rings. The predicted octanol–water partition coefficient (Wildman–Crippen LogP) is 2.32. The van der Waals surface area contributed by atoms with Crippen LogP contribution in [0.1, 0.15) is 25.3 Å². The third-order valence-electron chi connectivity index (χ3n) is 4.32. The molecule has 1 aromatic carbocycles. The number of aliphatic imine (C=N–C) groups is 1. The Bertz CT molecular complexity index is 566. The first kappa shape index (κ1) is 22.9. The second-order valence-electron chi connectivity index (χ2n) is 6.23. The number of hydrogen-bond donors (Lipinski definition) is 3. The Morgan fingerprint density at radius 2 is 2.12 bits per heavy atom. The van der Waals surface area contributed by atoms with Crippen LogP contribution >= 0.6 is 24.0 Å². The molecule has 148 valence electrons. The highest BCUT2D eigenvalue weighted by Crippen LogP contribution is 2.16. The molecule has 2 rings (SSSR count). The standard InChI is InChI=1S/C18H29FN4O2.HI/c1-3-20-18(21-13-14-4-5-17(24)16(19)12-14)22-15-6-8-23(9-7-15)10-11-25-2;/h4-5,12,15,24H,3,6-11,13H2,1-2H3,(H2,20,21,22);1H. The number of likely N-dealkylation sites (tertiary alicyclic amines) is 1. The lowest BCUT2D eigenvalue weighted by atomic mass is 10.1. The first-order chi connectivity index (χ1) is 12.1. The molecule has 0 atom stereocenters. The van der Waals surface area contributed by atoms with Crippen LogP contribution in [-0.4, -0.2) is 61.9 Å². The minimum Gasteiger partial charge on any atom is -0.505 e. The fraction of sp³-hybridized carbons (Fsp3) is 0.611. The minimum atomic E-state index is -0.617. The van der Waals surface area contributed by atoms with E-state index in [4.69, 9.17) is 4.74 Å². The van der Waals surface area contributed by atoms with Gasteiger partial charge in [-0.1, -0.05) is 6.07 Å². The van der Waals surface area contributed by atoms with Gasteiger partial charge < -0.3 is 25.4 Å². The van der Waals surface area contributed by atoms with Gasteiger partial charge in [-0.3, -0.25) is 0 Å². The molecule has 3 N–H and O–H groups in total. The quantitative estimate of drug-likeness (QED) is 0.318. The molecule has 1 saturated heterocycles. The Labute approximate surface area is 172 Å². The van der Waals surface area contributed by atoms with Crippen molar-refractivity contribution in [1.82, 2.24) is 15.5 Å². The zero-order chi connectivity index (χ0) is 18.1. The SMILES string of the molecule is CCNC(=NCc1ccc(O)c(F)c1)NC1CCN(CCOC)CC1.I. The molecule has 0 aromatic heterocycles. The number of phenolic OH excluding ortho intramolecular Hbond substituents is 1. The van der Waals surface area contributed by atoms with Crippen LogP contribution in [0.15, 0.2) is 23.2 Å². The van der Waals surface area contributed by atoms with Gasteiger partial charge in [0.05, 0.1) is 13.2 Å². The van der Waals surface area contributed by atoms with E-state index in [-0.39, 0.29) is 29.7 Å². The predicted molar refractivity (Wildman–Crippen MR) is 113 cm³/mol. The molecule has 1 fully saturated rings. The molecular weight excluding hydrogens is 450 g/mol. The van der Waals surface area contributed by atoms with Crippen LogP contribution in [0.2, 0.25) is 0 Å². The monoisotopic (exact) mass is 480 g/mol. The van der Waals surface area contributed by atoms with Gasteiger partial charge in [-0.2, -0.15) is 0 Å². The number of methoxy groups -OCH3 is 1. The van der Waals surface area contributed by atoms with Crippen LogP contribution in [0.4, 0.5) is 4.39 Å². The van der Waals surface area contributed by atoms with Crippen molar-refractivity contribution in [3.8, 4) is 5.75 Å². The number of halogens is 2. The molecule has 0 unspecified atom stereocenters. The second kappa shape index (κ2) is 12.3. The summed E-state index contributed by atoms with van der Waals surface area (Å²) in [6.45, 7) is 6.98. The Morgan fingerprint density at radius 1 is 1.38 bits per heavy atom. The van der Waals surface area contributed by atoms with E-state index in [1.807, 2.05) is 6.92 Å². The molecule has 1 aromatic rings. The van der Waals surface area contributed by atoms with E-state index < -0.39 is 5.82 Å². The van der Waals surface area contributed by atoms with Crippen molar-refractivity contribution in [3.05, 3.63) is 29.6 Å². The number of benzene rings is 1. The van der Waals surface area contributed by atoms with Crippen molar-refractivity contribution < 1.29 is 14.2 Å². The van der Waals surface area contributed by atoms with Crippen molar-refractivity contribution in [1.29, 1.82) is 0 Å². The van der Waals surface area contributed by atoms with E-state index in [9.17, 15) is 9.50 Å². The van der Waals surface area contributed by atoms with Gasteiger partial charge in [0, 0.05) is 39.3 Å². The summed E-state index contributed by atoms with van der Waals surface area (Å²) in [5.41, 5.74) is 0.724. The van der Waals surface area contributed by atoms with Gasteiger partial charge in [0.1, 0.15) is 0 Å². The Morgan fingerprint density at radius 3 is 2.73 bits per heavy atom. The van der Waals surface area contributed by atoms with Crippen LogP contribution in [-0.2, 0) is 11.3 Å². The molecule has 26 heavy (non-hydrogen) atoms. The second-order valence-corrected chi connectivity index (χ2v) is 6.23. The summed E-state index contributed by atoms with van der Waals surface area (Å²) >= 11 is 0. The van der Waals surface area contributed by atoms with Gasteiger partial charge >= 0.3 is 0 Å². The molecule has 1 heterocycles. The zero-order valence-corrected chi connectivity index (χ0v) is 17.8. The molecule has 8 heteroatoms. The summed E-state index contributed by atoms with van der Waals surface area (Å²) in [5.74, 6) is -0.210. The Balaban J connectivity index is 0.00000338. The number of guanidine groups is 1. The van der Waals surface area contributed by atoms with Gasteiger partial charge in [0.25, 0.3) is 0 Å². The number of hydrogen-bond acceptors (Lipinski definition) is 4. The van der Waals surface area contributed by atoms with Gasteiger partial charge in [-0.25, -0.2) is 9.38 Å². The maximum Gasteiger partial charge on any atom is 0.191 e. The van der Waals surface area contributed by atoms with Crippen molar-refractivity contribution >= 4 is 29.9 Å². The van der Waals surface area contributed by atoms with Crippen LogP contribution in [0.5, 0.6) is 5.75 Å². The van der Waals surface area contributed by atoms with E-state index in [1.165, 1.54) is 12.1 Å². The van der Waals surface area contributed by atoms with E-state index in [0.717, 1.165) is 57.2 Å². The molecule has 6 nitrogen and oxygen atoms in total. The number of ether oxygens (including phenoxy) is 1. The molecule has 0 saturated carbocycles. The summed E-state index contributed by atoms with van der Waals surface area (Å²) in [6, 6.07) is 4.74. The van der Waals surface area contributed by atoms with Crippen molar-refractivity contribution in [2.24, 2.45) is 4.99 Å². The molecular formula is C18H30FIN4O2. The molecule has 1 aliphatic heterocycles. The molecule has 0 radical (unpaired) electrons. The maximum absolute atomic E-state index is 13.4. The Kier molecular flexibility index (Phi) is 10.8. The first-order valence-electron chi connectivity index (χ1n) is 8.86. The maximum atomic E-state index is 13.4. The summed E-state index contributed by atoms with van der Waals surface area (Å²) < 4.78 is 18.5. The normalized spacial score (nSPS) is 16.2. The molecule has 0 aliphatic carbocycles. The minimum absolute atomic E-state index is 0. The highest BCUT2D eigenvalue weighted by atomic mass is 127. The van der Waals surface area contributed by atoms with E-state index >= 15 is 0 Å². The van der Waals surface area contributed by atoms with Gasteiger partial charge in [-0.05, 0) is 37.5 Å². The third kappa shape index (κ3) is 7.63. The largest absolute Gasteiger partial charge is 0.505 e. The van der Waals surface area contributed by atoms with Gasteiger partial charge in [0.2, 0.25) is 0 Å². The van der Waals surface area contributed by atoms with Crippen LogP contribution < -0.4 is 10.6 Å². The number of nitrogens with zero attached hydrogens (tertiary/aromatic N) is 2. The van der Waals surface area contributed by atoms with Crippen molar-refractivity contribution in [3.63, 3.8) is 0 Å². The average molecular weight is 480 g/mol. The summed E-state index contributed by atoms with van der Waals surface area (Å²) in [5, 5.41) is 16.0. The number of piperidine rings is 1. The lowest BCUT2D eigenvalue weighted by molar-refractivity contribution is 0.128. The summed E-state index contributed by atoms with van der Waals surface area (Å²) in [7, 11) is 1.73. The van der Waals surface area contributed by atoms with Crippen LogP contribution in [0.3, 0.4) is 0 Å². The average Bonchev–Trinajstić information content (AvgIpc) is 2.62. The number of nitrogens with one attached hydrogen (secondary N) is 2. The smallest absolute Gasteiger partial charge is 0.191 e. The highest BCUT2D eigenvalue weighted by molar-refractivity contribution is 14.0. The van der Waals surface area contributed by atoms with Gasteiger partial charge in [-0.15, -0.1) is 24.0 Å². The van der Waals surface area contributed by atoms with E-state index in [2.05, 4.69) is 20.5 Å². The summed E-state index contributed by atoms with van der Waals surface area (Å²) in [4.78, 5) is 6.94. The van der Waals surface area contributed by atoms with E-state index in [0.29, 0.717) is 12.6 Å². The van der Waals surface area contributed by atoms with E-state index in [1.54, 1.807) is 13.2 Å². The first-order valence-corrected chi connectivity index (χ1v) is 8.86. The lowest BCUT2D eigenvalue weighted by Gasteiger charge is -2.32. The molecule has 0 bridgehead atoms. The van der Waals surface area contributed by atoms with Crippen molar-refractivity contribution in [2.75, 3.05) is 39.9 Å². The highest BCUT2D eigenvalue weighted by Gasteiger charge is 2.19. The zero-order valence-electron chi connectivity index (χ0n) is 15.5. The number of rotatable bonds is 7. The van der Waals surface area contributed by atoms with Crippen LogP contribution in [0.25, 0.3) is 0 Å². The summed E-state index contributed by atoms with van der Waals surface area (Å²) in [6.07, 6.45) is 2.12. The topological polar surface area (TPSA) is 69.1 Å².